The summed E-state index contributed by atoms with van der Waals surface area (Å²) >= 11 is 3.29. The minimum Gasteiger partial charge on any atom is -0.307 e. The second-order valence-corrected chi connectivity index (χ2v) is 4.09. The van der Waals surface area contributed by atoms with Crippen LogP contribution in [0.15, 0.2) is 32.3 Å². The van der Waals surface area contributed by atoms with Crippen LogP contribution in [-0.2, 0) is 6.54 Å². The molecule has 0 saturated heterocycles. The topological polar surface area (TPSA) is 54.9 Å². The van der Waals surface area contributed by atoms with E-state index < -0.39 is 0 Å². The molecule has 2 aromatic rings. The molecule has 1 heterocycles. The Labute approximate surface area is 93.7 Å². The van der Waals surface area contributed by atoms with Gasteiger partial charge in [0.15, 0.2) is 0 Å². The second-order valence-electron chi connectivity index (χ2n) is 3.17. The first-order valence-electron chi connectivity index (χ1n) is 4.56. The lowest BCUT2D eigenvalue weighted by molar-refractivity contribution is 0.684. The minimum atomic E-state index is -0.367. The zero-order valence-electron chi connectivity index (χ0n) is 8.08. The number of nitrogens with zero attached hydrogens (tertiary/aromatic N) is 1. The Morgan fingerprint density at radius 3 is 2.80 bits per heavy atom. The van der Waals surface area contributed by atoms with Crippen molar-refractivity contribution in [2.24, 2.45) is 0 Å². The number of hydrogen-bond donors (Lipinski definition) is 1. The fourth-order valence-electron chi connectivity index (χ4n) is 1.51. The lowest BCUT2D eigenvalue weighted by Gasteiger charge is -2.03. The van der Waals surface area contributed by atoms with E-state index in [0.717, 1.165) is 4.47 Å². The van der Waals surface area contributed by atoms with Gasteiger partial charge >= 0.3 is 5.69 Å². The molecule has 0 saturated carbocycles. The number of hydrogen-bond acceptors (Lipinski definition) is 2. The maximum Gasteiger partial charge on any atom is 0.328 e. The Hall–Kier alpha value is -1.36. The van der Waals surface area contributed by atoms with Crippen molar-refractivity contribution in [2.75, 3.05) is 0 Å². The van der Waals surface area contributed by atoms with E-state index in [9.17, 15) is 9.59 Å². The van der Waals surface area contributed by atoms with E-state index in [-0.39, 0.29) is 11.2 Å². The summed E-state index contributed by atoms with van der Waals surface area (Å²) < 4.78 is 2.01. The van der Waals surface area contributed by atoms with E-state index in [4.69, 9.17) is 0 Å². The standard InChI is InChI=1S/C10H9BrN2O2/c1-2-13-9(14)7-4-3-6(11)5-8(7)12-10(13)15/h3-5H,2H2,1H3,(H,12,15). The quantitative estimate of drug-likeness (QED) is 0.852. The minimum absolute atomic E-state index is 0.247. The van der Waals surface area contributed by atoms with E-state index in [0.29, 0.717) is 17.4 Å². The Bertz CT molecular complexity index is 627. The van der Waals surface area contributed by atoms with Crippen LogP contribution in [0.3, 0.4) is 0 Å². The van der Waals surface area contributed by atoms with Crippen molar-refractivity contribution in [3.05, 3.63) is 43.5 Å². The van der Waals surface area contributed by atoms with Gasteiger partial charge in [-0.05, 0) is 25.1 Å². The Balaban J connectivity index is 2.98. The molecule has 78 valence electrons. The Morgan fingerprint density at radius 2 is 2.13 bits per heavy atom. The highest BCUT2D eigenvalue weighted by atomic mass is 79.9. The molecule has 15 heavy (non-hydrogen) atoms. The van der Waals surface area contributed by atoms with Crippen molar-refractivity contribution in [1.82, 2.24) is 9.55 Å². The van der Waals surface area contributed by atoms with Crippen LogP contribution in [0.5, 0.6) is 0 Å². The zero-order valence-corrected chi connectivity index (χ0v) is 9.67. The van der Waals surface area contributed by atoms with Crippen molar-refractivity contribution in [1.29, 1.82) is 0 Å². The summed E-state index contributed by atoms with van der Waals surface area (Å²) in [7, 11) is 0. The fourth-order valence-corrected chi connectivity index (χ4v) is 1.87. The summed E-state index contributed by atoms with van der Waals surface area (Å²) in [4.78, 5) is 26.0. The van der Waals surface area contributed by atoms with E-state index in [1.54, 1.807) is 25.1 Å². The van der Waals surface area contributed by atoms with Gasteiger partial charge in [0, 0.05) is 11.0 Å². The molecule has 1 aromatic carbocycles. The van der Waals surface area contributed by atoms with Gasteiger partial charge in [0.2, 0.25) is 0 Å². The molecular weight excluding hydrogens is 260 g/mol. The monoisotopic (exact) mass is 268 g/mol. The number of fused-ring (bicyclic) bond motifs is 1. The van der Waals surface area contributed by atoms with Crippen molar-refractivity contribution >= 4 is 26.8 Å². The number of H-pyrrole nitrogens is 1. The lowest BCUT2D eigenvalue weighted by atomic mass is 10.2. The maximum atomic E-state index is 11.8. The third-order valence-electron chi connectivity index (χ3n) is 2.26. The molecule has 0 aliphatic carbocycles. The molecule has 1 N–H and O–H groups in total. The fraction of sp³-hybridized carbons (Fsp3) is 0.200. The molecule has 0 unspecified atom stereocenters. The van der Waals surface area contributed by atoms with Crippen LogP contribution in [-0.4, -0.2) is 9.55 Å². The van der Waals surface area contributed by atoms with Gasteiger partial charge in [-0.25, -0.2) is 4.79 Å². The van der Waals surface area contributed by atoms with Crippen molar-refractivity contribution < 1.29 is 0 Å². The van der Waals surface area contributed by atoms with Crippen LogP contribution in [0.2, 0.25) is 0 Å². The first kappa shape index (κ1) is 10.2. The number of benzene rings is 1. The Morgan fingerprint density at radius 1 is 1.40 bits per heavy atom. The van der Waals surface area contributed by atoms with Gasteiger partial charge < -0.3 is 4.98 Å². The second kappa shape index (κ2) is 3.66. The third-order valence-corrected chi connectivity index (χ3v) is 2.75. The molecular formula is C10H9BrN2O2. The van der Waals surface area contributed by atoms with E-state index >= 15 is 0 Å². The van der Waals surface area contributed by atoms with Crippen LogP contribution in [0, 0.1) is 0 Å². The van der Waals surface area contributed by atoms with E-state index in [1.807, 2.05) is 0 Å². The van der Waals surface area contributed by atoms with Crippen molar-refractivity contribution in [3.63, 3.8) is 0 Å². The summed E-state index contributed by atoms with van der Waals surface area (Å²) in [5.41, 5.74) is -0.0547. The molecule has 0 radical (unpaired) electrons. The zero-order chi connectivity index (χ0) is 11.0. The summed E-state index contributed by atoms with van der Waals surface area (Å²) in [6.45, 7) is 2.14. The average Bonchev–Trinajstić information content (AvgIpc) is 2.17. The van der Waals surface area contributed by atoms with Crippen molar-refractivity contribution in [2.45, 2.75) is 13.5 Å². The highest BCUT2D eigenvalue weighted by molar-refractivity contribution is 9.10. The largest absolute Gasteiger partial charge is 0.328 e. The first-order valence-corrected chi connectivity index (χ1v) is 5.35. The molecule has 0 atom stereocenters. The first-order chi connectivity index (χ1) is 7.13. The highest BCUT2D eigenvalue weighted by Crippen LogP contribution is 2.13. The van der Waals surface area contributed by atoms with E-state index in [2.05, 4.69) is 20.9 Å². The smallest absolute Gasteiger partial charge is 0.307 e. The molecule has 4 nitrogen and oxygen atoms in total. The van der Waals surface area contributed by atoms with Crippen LogP contribution >= 0.6 is 15.9 Å². The summed E-state index contributed by atoms with van der Waals surface area (Å²) in [5.74, 6) is 0. The molecule has 0 aliphatic heterocycles. The van der Waals surface area contributed by atoms with Crippen LogP contribution < -0.4 is 11.2 Å². The van der Waals surface area contributed by atoms with Crippen LogP contribution in [0.25, 0.3) is 10.9 Å². The number of nitrogens with one attached hydrogen (secondary N) is 1. The number of aromatic nitrogens is 2. The summed E-state index contributed by atoms with van der Waals surface area (Å²) in [5, 5.41) is 0.527. The Kier molecular flexibility index (Phi) is 2.48. The van der Waals surface area contributed by atoms with Gasteiger partial charge in [-0.2, -0.15) is 0 Å². The lowest BCUT2D eigenvalue weighted by Crippen LogP contribution is -2.34. The van der Waals surface area contributed by atoms with Gasteiger partial charge in [-0.3, -0.25) is 9.36 Å². The van der Waals surface area contributed by atoms with Gasteiger partial charge in [-0.1, -0.05) is 15.9 Å². The molecule has 1 aromatic heterocycles. The normalized spacial score (nSPS) is 10.8. The number of aromatic amines is 1. The van der Waals surface area contributed by atoms with Gasteiger partial charge in [0.1, 0.15) is 0 Å². The molecule has 0 aliphatic rings. The average molecular weight is 269 g/mol. The highest BCUT2D eigenvalue weighted by Gasteiger charge is 2.05. The van der Waals surface area contributed by atoms with Crippen molar-refractivity contribution in [3.8, 4) is 0 Å². The molecule has 5 heteroatoms. The van der Waals surface area contributed by atoms with Crippen LogP contribution in [0.1, 0.15) is 6.92 Å². The van der Waals surface area contributed by atoms with Gasteiger partial charge in [0.05, 0.1) is 10.9 Å². The molecule has 0 spiro atoms. The molecule has 2 rings (SSSR count). The number of halogens is 1. The predicted molar refractivity (Wildman–Crippen MR) is 62.2 cm³/mol. The summed E-state index contributed by atoms with van der Waals surface area (Å²) in [6.07, 6.45) is 0. The SMILES string of the molecule is CCn1c(=O)[nH]c2cc(Br)ccc2c1=O. The predicted octanol–water partition coefficient (Wildman–Crippen LogP) is 1.47. The summed E-state index contributed by atoms with van der Waals surface area (Å²) in [6, 6.07) is 5.20. The molecule has 0 bridgehead atoms. The molecule has 0 fully saturated rings. The van der Waals surface area contributed by atoms with Crippen LogP contribution in [0.4, 0.5) is 0 Å². The van der Waals surface area contributed by atoms with Gasteiger partial charge in [0.25, 0.3) is 5.56 Å². The molecule has 0 amide bonds. The number of rotatable bonds is 1. The maximum absolute atomic E-state index is 11.8. The third kappa shape index (κ3) is 1.63. The van der Waals surface area contributed by atoms with E-state index in [1.165, 1.54) is 4.57 Å². The van der Waals surface area contributed by atoms with Gasteiger partial charge in [-0.15, -0.1) is 0 Å².